The Bertz CT molecular complexity index is 1160. The number of aromatic nitrogens is 2. The van der Waals surface area contributed by atoms with E-state index in [4.69, 9.17) is 24.0 Å². The summed E-state index contributed by atoms with van der Waals surface area (Å²) in [6, 6.07) is 11.1. The number of fused-ring (bicyclic) bond motifs is 1. The van der Waals surface area contributed by atoms with Crippen molar-refractivity contribution in [2.45, 2.75) is 11.5 Å². The molecule has 0 radical (unpaired) electrons. The number of ether oxygens (including phenoxy) is 4. The van der Waals surface area contributed by atoms with Crippen LogP contribution in [0.5, 0.6) is 23.0 Å². The molecule has 172 valence electrons. The molecule has 4 rings (SSSR count). The van der Waals surface area contributed by atoms with E-state index in [1.165, 1.54) is 6.08 Å². The number of thioether (sulfide) groups is 1. The van der Waals surface area contributed by atoms with Crippen LogP contribution >= 0.6 is 11.8 Å². The monoisotopic (exact) mass is 467 g/mol. The molecule has 3 aromatic rings. The van der Waals surface area contributed by atoms with Crippen LogP contribution in [0.2, 0.25) is 0 Å². The van der Waals surface area contributed by atoms with Gasteiger partial charge in [-0.25, -0.2) is 4.68 Å². The topological polar surface area (TPSA) is 83.8 Å². The normalized spacial score (nSPS) is 12.5. The Morgan fingerprint density at radius 2 is 1.70 bits per heavy atom. The first kappa shape index (κ1) is 22.6. The van der Waals surface area contributed by atoms with E-state index in [0.717, 1.165) is 39.8 Å². The number of rotatable bonds is 8. The number of carbonyl (C=O) groups is 1. The molecule has 0 bridgehead atoms. The zero-order chi connectivity index (χ0) is 23.4. The van der Waals surface area contributed by atoms with Crippen LogP contribution in [0.4, 0.5) is 5.82 Å². The standard InChI is InChI=1S/C24H25N3O5S/c1-29-17-8-6-16(7-9-17)27-24(18-13-33-14-19(18)26-27)25-22(28)10-5-15-11-20(30-2)23(32-4)21(12-15)31-3/h5-12H,13-14H2,1-4H3,(H,25,28)/b10-5+. The third kappa shape index (κ3) is 4.63. The van der Waals surface area contributed by atoms with Crippen LogP contribution in [0.25, 0.3) is 11.8 Å². The molecule has 1 aliphatic heterocycles. The van der Waals surface area contributed by atoms with Gasteiger partial charge in [0, 0.05) is 23.1 Å². The average molecular weight is 468 g/mol. The van der Waals surface area contributed by atoms with Crippen molar-refractivity contribution in [2.75, 3.05) is 33.8 Å². The van der Waals surface area contributed by atoms with Crippen molar-refractivity contribution in [3.05, 3.63) is 59.3 Å². The highest BCUT2D eigenvalue weighted by atomic mass is 32.2. The highest BCUT2D eigenvalue weighted by Gasteiger charge is 2.24. The maximum absolute atomic E-state index is 12.8. The summed E-state index contributed by atoms with van der Waals surface area (Å²) >= 11 is 1.78. The molecule has 1 amide bonds. The van der Waals surface area contributed by atoms with Gasteiger partial charge in [-0.15, -0.1) is 0 Å². The van der Waals surface area contributed by atoms with Gasteiger partial charge in [0.25, 0.3) is 0 Å². The van der Waals surface area contributed by atoms with Crippen molar-refractivity contribution < 1.29 is 23.7 Å². The van der Waals surface area contributed by atoms with E-state index in [2.05, 4.69) is 5.32 Å². The lowest BCUT2D eigenvalue weighted by Gasteiger charge is -2.13. The number of amides is 1. The Morgan fingerprint density at radius 1 is 1.00 bits per heavy atom. The maximum atomic E-state index is 12.8. The number of carbonyl (C=O) groups excluding carboxylic acids is 1. The highest BCUT2D eigenvalue weighted by Crippen LogP contribution is 2.39. The minimum absolute atomic E-state index is 0.266. The third-order valence-corrected chi connectivity index (χ3v) is 6.20. The van der Waals surface area contributed by atoms with Gasteiger partial charge in [0.05, 0.1) is 39.8 Å². The number of benzene rings is 2. The van der Waals surface area contributed by atoms with Gasteiger partial charge in [-0.05, 0) is 48.0 Å². The summed E-state index contributed by atoms with van der Waals surface area (Å²) in [7, 11) is 6.28. The van der Waals surface area contributed by atoms with Gasteiger partial charge in [-0.2, -0.15) is 16.9 Å². The summed E-state index contributed by atoms with van der Waals surface area (Å²) in [5.41, 5.74) is 3.62. The van der Waals surface area contributed by atoms with Gasteiger partial charge in [-0.1, -0.05) is 0 Å². The summed E-state index contributed by atoms with van der Waals surface area (Å²) in [6.45, 7) is 0. The summed E-state index contributed by atoms with van der Waals surface area (Å²) in [5, 5.41) is 7.73. The number of anilines is 1. The first-order valence-electron chi connectivity index (χ1n) is 10.2. The number of nitrogens with one attached hydrogen (secondary N) is 1. The Hall–Kier alpha value is -3.59. The molecule has 8 nitrogen and oxygen atoms in total. The molecule has 0 atom stereocenters. The molecule has 1 aromatic heterocycles. The van der Waals surface area contributed by atoms with Crippen LogP contribution in [0, 0.1) is 0 Å². The Morgan fingerprint density at radius 3 is 2.30 bits per heavy atom. The predicted molar refractivity (Wildman–Crippen MR) is 129 cm³/mol. The van der Waals surface area contributed by atoms with E-state index in [0.29, 0.717) is 23.1 Å². The maximum Gasteiger partial charge on any atom is 0.249 e. The third-order valence-electron chi connectivity index (χ3n) is 5.22. The number of hydrogen-bond acceptors (Lipinski definition) is 7. The number of methoxy groups -OCH3 is 4. The molecular weight excluding hydrogens is 442 g/mol. The van der Waals surface area contributed by atoms with Crippen molar-refractivity contribution in [3.8, 4) is 28.7 Å². The molecule has 9 heteroatoms. The van der Waals surface area contributed by atoms with Gasteiger partial charge < -0.3 is 24.3 Å². The quantitative estimate of drug-likeness (QED) is 0.495. The van der Waals surface area contributed by atoms with Crippen LogP contribution in [0.3, 0.4) is 0 Å². The highest BCUT2D eigenvalue weighted by molar-refractivity contribution is 7.98. The molecule has 0 aliphatic carbocycles. The summed E-state index contributed by atoms with van der Waals surface area (Å²) < 4.78 is 23.1. The van der Waals surface area contributed by atoms with Crippen LogP contribution < -0.4 is 24.3 Å². The Balaban J connectivity index is 1.60. The molecule has 1 N–H and O–H groups in total. The second-order valence-corrected chi connectivity index (χ2v) is 8.14. The largest absolute Gasteiger partial charge is 0.497 e. The van der Waals surface area contributed by atoms with E-state index in [1.807, 2.05) is 24.3 Å². The van der Waals surface area contributed by atoms with E-state index in [1.54, 1.807) is 63.1 Å². The molecule has 0 spiro atoms. The van der Waals surface area contributed by atoms with Crippen molar-refractivity contribution in [2.24, 2.45) is 0 Å². The van der Waals surface area contributed by atoms with Crippen LogP contribution in [0.1, 0.15) is 16.8 Å². The fraction of sp³-hybridized carbons (Fsp3) is 0.250. The van der Waals surface area contributed by atoms with E-state index in [-0.39, 0.29) is 5.91 Å². The van der Waals surface area contributed by atoms with Gasteiger partial charge in [0.2, 0.25) is 11.7 Å². The van der Waals surface area contributed by atoms with Gasteiger partial charge in [-0.3, -0.25) is 4.79 Å². The van der Waals surface area contributed by atoms with Crippen molar-refractivity contribution in [1.82, 2.24) is 9.78 Å². The first-order chi connectivity index (χ1) is 16.1. The summed E-state index contributed by atoms with van der Waals surface area (Å²) in [5.74, 6) is 4.33. The Kier molecular flexibility index (Phi) is 6.79. The van der Waals surface area contributed by atoms with Crippen LogP contribution in [-0.4, -0.2) is 44.1 Å². The van der Waals surface area contributed by atoms with Crippen molar-refractivity contribution >= 4 is 29.6 Å². The van der Waals surface area contributed by atoms with Crippen molar-refractivity contribution in [1.29, 1.82) is 0 Å². The molecule has 0 fully saturated rings. The second kappa shape index (κ2) is 9.91. The van der Waals surface area contributed by atoms with Gasteiger partial charge in [0.15, 0.2) is 11.5 Å². The molecule has 1 aliphatic rings. The lowest BCUT2D eigenvalue weighted by atomic mass is 10.1. The minimum Gasteiger partial charge on any atom is -0.497 e. The van der Waals surface area contributed by atoms with E-state index >= 15 is 0 Å². The van der Waals surface area contributed by atoms with Crippen LogP contribution in [-0.2, 0) is 16.3 Å². The Labute approximate surface area is 196 Å². The molecule has 33 heavy (non-hydrogen) atoms. The average Bonchev–Trinajstić information content (AvgIpc) is 3.44. The summed E-state index contributed by atoms with van der Waals surface area (Å²) in [4.78, 5) is 12.8. The molecule has 0 saturated carbocycles. The lowest BCUT2D eigenvalue weighted by Crippen LogP contribution is -2.13. The van der Waals surface area contributed by atoms with E-state index in [9.17, 15) is 4.79 Å². The molecule has 0 saturated heterocycles. The fourth-order valence-corrected chi connectivity index (χ4v) is 4.61. The predicted octanol–water partition coefficient (Wildman–Crippen LogP) is 4.31. The molecular formula is C24H25N3O5S. The first-order valence-corrected chi connectivity index (χ1v) is 11.4. The minimum atomic E-state index is -0.266. The smallest absolute Gasteiger partial charge is 0.249 e. The zero-order valence-corrected chi connectivity index (χ0v) is 19.7. The van der Waals surface area contributed by atoms with E-state index < -0.39 is 0 Å². The lowest BCUT2D eigenvalue weighted by molar-refractivity contribution is -0.111. The van der Waals surface area contributed by atoms with Crippen molar-refractivity contribution in [3.63, 3.8) is 0 Å². The molecule has 2 aromatic carbocycles. The SMILES string of the molecule is COc1ccc(-n2nc3c(c2NC(=O)/C=C/c2cc(OC)c(OC)c(OC)c2)CSC3)cc1. The fourth-order valence-electron chi connectivity index (χ4n) is 3.58. The van der Waals surface area contributed by atoms with Gasteiger partial charge in [0.1, 0.15) is 11.6 Å². The second-order valence-electron chi connectivity index (χ2n) is 7.16. The summed E-state index contributed by atoms with van der Waals surface area (Å²) in [6.07, 6.45) is 3.17. The zero-order valence-electron chi connectivity index (χ0n) is 18.9. The molecule has 2 heterocycles. The number of hydrogen-bond donors (Lipinski definition) is 1. The van der Waals surface area contributed by atoms with Gasteiger partial charge >= 0.3 is 0 Å². The molecule has 0 unspecified atom stereocenters. The van der Waals surface area contributed by atoms with Crippen LogP contribution in [0.15, 0.2) is 42.5 Å². The number of nitrogens with zero attached hydrogens (tertiary/aromatic N) is 2.